The third kappa shape index (κ3) is 6.32. The van der Waals surface area contributed by atoms with Crippen molar-refractivity contribution in [2.75, 3.05) is 6.61 Å². The summed E-state index contributed by atoms with van der Waals surface area (Å²) in [7, 11) is 0. The van der Waals surface area contributed by atoms with Crippen molar-refractivity contribution in [3.05, 3.63) is 66.2 Å². The van der Waals surface area contributed by atoms with Gasteiger partial charge in [0.1, 0.15) is 0 Å². The van der Waals surface area contributed by atoms with E-state index in [-0.39, 0.29) is 31.8 Å². The van der Waals surface area contributed by atoms with Gasteiger partial charge in [-0.2, -0.15) is 0 Å². The molecule has 0 bridgehead atoms. The minimum atomic E-state index is -0.140. The summed E-state index contributed by atoms with van der Waals surface area (Å²) < 4.78 is 6.62. The summed E-state index contributed by atoms with van der Waals surface area (Å²) in [5.41, 5.74) is 1.22. The van der Waals surface area contributed by atoms with E-state index in [1.54, 1.807) is 0 Å². The van der Waals surface area contributed by atoms with E-state index in [0.29, 0.717) is 12.5 Å². The Balaban J connectivity index is 2.15. The van der Waals surface area contributed by atoms with Crippen LogP contribution in [0.15, 0.2) is 60.7 Å². The van der Waals surface area contributed by atoms with Crippen LogP contribution in [0, 0.1) is 5.92 Å². The van der Waals surface area contributed by atoms with Crippen molar-refractivity contribution in [3.63, 3.8) is 0 Å². The molecule has 0 aliphatic carbocycles. The normalized spacial score (nSPS) is 13.4. The Labute approximate surface area is 157 Å². The van der Waals surface area contributed by atoms with Crippen molar-refractivity contribution in [1.29, 1.82) is 0 Å². The number of hydrogen-bond acceptors (Lipinski definition) is 3. The number of hydrogen-bond donors (Lipinski definition) is 1. The van der Waals surface area contributed by atoms with Gasteiger partial charge in [-0.25, -0.2) is 0 Å². The van der Waals surface area contributed by atoms with Crippen LogP contribution in [0.4, 0.5) is 0 Å². The molecule has 1 N–H and O–H groups in total. The van der Waals surface area contributed by atoms with Crippen LogP contribution < -0.4 is 9.78 Å². The van der Waals surface area contributed by atoms with Gasteiger partial charge in [0.05, 0.1) is 0 Å². The Morgan fingerprint density at radius 3 is 2.20 bits per heavy atom. The van der Waals surface area contributed by atoms with Crippen molar-refractivity contribution in [2.45, 2.75) is 38.2 Å². The molecule has 0 heterocycles. The Morgan fingerprint density at radius 1 is 1.04 bits per heavy atom. The van der Waals surface area contributed by atoms with E-state index < -0.39 is 0 Å². The molecule has 25 heavy (non-hydrogen) atoms. The fourth-order valence-corrected chi connectivity index (χ4v) is 5.45. The van der Waals surface area contributed by atoms with Gasteiger partial charge in [0, 0.05) is 0 Å². The van der Waals surface area contributed by atoms with Crippen LogP contribution in [0.1, 0.15) is 26.3 Å². The second-order valence-corrected chi connectivity index (χ2v) is 8.79. The molecule has 0 fully saturated rings. The molecule has 0 spiro atoms. The number of nitrogens with one attached hydrogen (secondary N) is 1. The number of carbonyl (C=O) groups excluding carboxylic acids is 1. The van der Waals surface area contributed by atoms with Crippen LogP contribution >= 0.6 is 0 Å². The van der Waals surface area contributed by atoms with E-state index in [1.165, 1.54) is 10.0 Å². The zero-order chi connectivity index (χ0) is 18.1. The quantitative estimate of drug-likeness (QED) is 0.515. The summed E-state index contributed by atoms with van der Waals surface area (Å²) in [5.74, 6) is 0.245. The predicted molar refractivity (Wildman–Crippen MR) is 104 cm³/mol. The molecule has 0 saturated carbocycles. The molecule has 2 atom stereocenters. The number of carbonyl (C=O) groups is 1. The molecule has 3 nitrogen and oxygen atoms in total. The van der Waals surface area contributed by atoms with Gasteiger partial charge in [-0.15, -0.1) is 0 Å². The second kappa shape index (κ2) is 10.4. The van der Waals surface area contributed by atoms with E-state index in [0.717, 1.165) is 6.54 Å². The molecule has 0 aliphatic heterocycles. The fourth-order valence-electron chi connectivity index (χ4n) is 2.66. The molecule has 2 aromatic carbocycles. The Kier molecular flexibility index (Phi) is 8.20. The van der Waals surface area contributed by atoms with Gasteiger partial charge in [-0.3, -0.25) is 0 Å². The van der Waals surface area contributed by atoms with Gasteiger partial charge in [-0.1, -0.05) is 0 Å². The van der Waals surface area contributed by atoms with Crippen LogP contribution in [0.2, 0.25) is 4.82 Å². The summed E-state index contributed by atoms with van der Waals surface area (Å²) in [6.45, 7) is 7.37. The van der Waals surface area contributed by atoms with Crippen LogP contribution in [0.5, 0.6) is 0 Å². The van der Waals surface area contributed by atoms with E-state index in [2.05, 4.69) is 43.4 Å². The summed E-state index contributed by atoms with van der Waals surface area (Å²) in [6.07, 6.45) is 0. The molecule has 0 saturated heterocycles. The van der Waals surface area contributed by atoms with E-state index in [1.807, 2.05) is 43.3 Å². The van der Waals surface area contributed by atoms with E-state index >= 15 is 0 Å². The van der Waals surface area contributed by atoms with Crippen molar-refractivity contribution >= 4 is 25.4 Å². The van der Waals surface area contributed by atoms with Crippen LogP contribution in [-0.2, 0) is 16.1 Å². The van der Waals surface area contributed by atoms with Gasteiger partial charge in [-0.05, 0) is 0 Å². The van der Waals surface area contributed by atoms with Gasteiger partial charge in [0.15, 0.2) is 0 Å². The second-order valence-electron chi connectivity index (χ2n) is 6.24. The maximum atomic E-state index is 12.7. The molecule has 4 heteroatoms. The number of rotatable bonds is 9. The first-order valence-corrected chi connectivity index (χ1v) is 10.6. The Bertz CT molecular complexity index is 631. The van der Waals surface area contributed by atoms with Crippen molar-refractivity contribution < 1.29 is 9.53 Å². The van der Waals surface area contributed by atoms with Crippen molar-refractivity contribution in [3.8, 4) is 0 Å². The van der Waals surface area contributed by atoms with Crippen molar-refractivity contribution in [2.24, 2.45) is 5.92 Å². The van der Waals surface area contributed by atoms with Crippen LogP contribution in [0.3, 0.4) is 0 Å². The first kappa shape index (κ1) is 19.7. The monoisotopic (exact) mass is 405 g/mol. The third-order valence-electron chi connectivity index (χ3n) is 3.95. The zero-order valence-electron chi connectivity index (χ0n) is 15.1. The van der Waals surface area contributed by atoms with Gasteiger partial charge >= 0.3 is 157 Å². The van der Waals surface area contributed by atoms with Gasteiger partial charge in [0.2, 0.25) is 0 Å². The number of ether oxygens (including phenoxy) is 1. The first-order valence-electron chi connectivity index (χ1n) is 8.77. The maximum absolute atomic E-state index is 12.7. The average Bonchev–Trinajstić information content (AvgIpc) is 2.62. The molecule has 2 rings (SSSR count). The SMILES string of the molecule is CCOC(=O)C([Se]c1ccccc1)C(NCc1ccccc1)C(C)C. The topological polar surface area (TPSA) is 38.3 Å². The van der Waals surface area contributed by atoms with Gasteiger partial charge < -0.3 is 0 Å². The summed E-state index contributed by atoms with van der Waals surface area (Å²) in [4.78, 5) is 12.5. The first-order chi connectivity index (χ1) is 12.1. The molecular formula is C21H27NO2Se. The Morgan fingerprint density at radius 2 is 1.64 bits per heavy atom. The predicted octanol–water partition coefficient (Wildman–Crippen LogP) is 3.18. The average molecular weight is 404 g/mol. The van der Waals surface area contributed by atoms with Crippen LogP contribution in [-0.4, -0.2) is 33.6 Å². The number of esters is 1. The van der Waals surface area contributed by atoms with Gasteiger partial charge in [0.25, 0.3) is 0 Å². The van der Waals surface area contributed by atoms with E-state index in [4.69, 9.17) is 4.74 Å². The minimum absolute atomic E-state index is 0.0200. The molecule has 0 amide bonds. The fraction of sp³-hybridized carbons (Fsp3) is 0.381. The zero-order valence-corrected chi connectivity index (χ0v) is 16.9. The molecule has 0 aliphatic rings. The van der Waals surface area contributed by atoms with Crippen LogP contribution in [0.25, 0.3) is 0 Å². The third-order valence-corrected chi connectivity index (χ3v) is 6.65. The Hall–Kier alpha value is -1.61. The molecule has 0 radical (unpaired) electrons. The molecular weight excluding hydrogens is 377 g/mol. The molecule has 2 unspecified atom stereocenters. The number of benzene rings is 2. The molecule has 0 aromatic heterocycles. The van der Waals surface area contributed by atoms with E-state index in [9.17, 15) is 4.79 Å². The standard InChI is InChI=1S/C21H27NO2Se/c1-4-24-21(23)20(25-18-13-9-6-10-14-18)19(16(2)3)22-15-17-11-7-5-8-12-17/h5-14,16,19-20,22H,4,15H2,1-3H3. The summed E-state index contributed by atoms with van der Waals surface area (Å²) in [5, 5.41) is 3.61. The molecule has 2 aromatic rings. The summed E-state index contributed by atoms with van der Waals surface area (Å²) in [6, 6.07) is 20.6. The molecule has 134 valence electrons. The van der Waals surface area contributed by atoms with Crippen molar-refractivity contribution in [1.82, 2.24) is 5.32 Å². The summed E-state index contributed by atoms with van der Waals surface area (Å²) >= 11 is 0.0200.